The number of aromatic nitrogens is 2. The minimum absolute atomic E-state index is 0.623. The van der Waals surface area contributed by atoms with Crippen molar-refractivity contribution in [3.8, 4) is 0 Å². The second kappa shape index (κ2) is 5.34. The number of rotatable bonds is 4. The van der Waals surface area contributed by atoms with E-state index in [4.69, 9.17) is 0 Å². The molecule has 90 valence electrons. The van der Waals surface area contributed by atoms with E-state index in [-0.39, 0.29) is 0 Å². The summed E-state index contributed by atoms with van der Waals surface area (Å²) in [4.78, 5) is 2.56. The summed E-state index contributed by atoms with van der Waals surface area (Å²) in [6.45, 7) is 5.96. The Hall–Kier alpha value is -1.03. The molecule has 1 aromatic heterocycles. The third-order valence-electron chi connectivity index (χ3n) is 3.20. The number of anilines is 1. The number of nitrogens with one attached hydrogen (secondary N) is 1. The van der Waals surface area contributed by atoms with Gasteiger partial charge in [0.05, 0.1) is 11.9 Å². The summed E-state index contributed by atoms with van der Waals surface area (Å²) in [5.41, 5.74) is 1.15. The fraction of sp³-hybridized carbons (Fsp3) is 0.750. The molecular formula is C12H22N4. The van der Waals surface area contributed by atoms with Crippen LogP contribution in [0.3, 0.4) is 0 Å². The molecule has 1 fully saturated rings. The highest BCUT2D eigenvalue weighted by Gasteiger charge is 2.18. The first kappa shape index (κ1) is 11.5. The van der Waals surface area contributed by atoms with E-state index in [1.165, 1.54) is 38.9 Å². The second-order valence-corrected chi connectivity index (χ2v) is 4.66. The molecule has 0 saturated carbocycles. The minimum atomic E-state index is 0.623. The van der Waals surface area contributed by atoms with Crippen LogP contribution in [0.1, 0.15) is 26.2 Å². The molecule has 4 heteroatoms. The summed E-state index contributed by atoms with van der Waals surface area (Å²) in [6.07, 6.45) is 7.70. The van der Waals surface area contributed by atoms with Gasteiger partial charge in [-0.1, -0.05) is 6.92 Å². The van der Waals surface area contributed by atoms with Gasteiger partial charge in [-0.15, -0.1) is 0 Å². The highest BCUT2D eigenvalue weighted by molar-refractivity contribution is 5.39. The van der Waals surface area contributed by atoms with E-state index < -0.39 is 0 Å². The zero-order valence-electron chi connectivity index (χ0n) is 10.3. The number of nitrogens with zero attached hydrogens (tertiary/aromatic N) is 3. The lowest BCUT2D eigenvalue weighted by atomic mass is 10.0. The number of aryl methyl sites for hydroxylation is 1. The van der Waals surface area contributed by atoms with Gasteiger partial charge < -0.3 is 10.2 Å². The lowest BCUT2D eigenvalue weighted by Gasteiger charge is -2.32. The zero-order valence-corrected chi connectivity index (χ0v) is 10.3. The Bertz CT molecular complexity index is 313. The maximum Gasteiger partial charge on any atom is 0.0728 e. The first-order valence-electron chi connectivity index (χ1n) is 6.25. The minimum Gasteiger partial charge on any atom is -0.380 e. The van der Waals surface area contributed by atoms with E-state index in [2.05, 4.69) is 22.2 Å². The predicted molar refractivity (Wildman–Crippen MR) is 66.6 cm³/mol. The van der Waals surface area contributed by atoms with Gasteiger partial charge in [-0.2, -0.15) is 5.10 Å². The SMILES string of the molecule is CCCN1CCC(Nc2cnn(C)c2)CC1. The Labute approximate surface area is 97.6 Å². The van der Waals surface area contributed by atoms with Gasteiger partial charge in [0.2, 0.25) is 0 Å². The molecule has 0 bridgehead atoms. The maximum atomic E-state index is 4.17. The van der Waals surface area contributed by atoms with Crippen molar-refractivity contribution >= 4 is 5.69 Å². The van der Waals surface area contributed by atoms with Crippen molar-refractivity contribution in [2.24, 2.45) is 7.05 Å². The van der Waals surface area contributed by atoms with Gasteiger partial charge in [0, 0.05) is 32.4 Å². The van der Waals surface area contributed by atoms with Crippen LogP contribution in [0.25, 0.3) is 0 Å². The van der Waals surface area contributed by atoms with Crippen LogP contribution in [0.2, 0.25) is 0 Å². The molecule has 0 atom stereocenters. The summed E-state index contributed by atoms with van der Waals surface area (Å²) in [7, 11) is 1.95. The maximum absolute atomic E-state index is 4.17. The van der Waals surface area contributed by atoms with Crippen molar-refractivity contribution in [3.05, 3.63) is 12.4 Å². The van der Waals surface area contributed by atoms with Gasteiger partial charge in [-0.3, -0.25) is 4.68 Å². The molecule has 0 radical (unpaired) electrons. The van der Waals surface area contributed by atoms with Crippen molar-refractivity contribution in [2.45, 2.75) is 32.2 Å². The van der Waals surface area contributed by atoms with Crippen LogP contribution < -0.4 is 5.32 Å². The van der Waals surface area contributed by atoms with E-state index >= 15 is 0 Å². The van der Waals surface area contributed by atoms with Gasteiger partial charge in [-0.05, 0) is 25.8 Å². The summed E-state index contributed by atoms with van der Waals surface area (Å²) >= 11 is 0. The van der Waals surface area contributed by atoms with Gasteiger partial charge in [0.1, 0.15) is 0 Å². The van der Waals surface area contributed by atoms with Crippen molar-refractivity contribution in [1.29, 1.82) is 0 Å². The molecule has 0 aromatic carbocycles. The smallest absolute Gasteiger partial charge is 0.0728 e. The molecule has 1 aromatic rings. The van der Waals surface area contributed by atoms with Gasteiger partial charge in [0.25, 0.3) is 0 Å². The van der Waals surface area contributed by atoms with E-state index in [9.17, 15) is 0 Å². The Kier molecular flexibility index (Phi) is 3.83. The predicted octanol–water partition coefficient (Wildman–Crippen LogP) is 1.71. The van der Waals surface area contributed by atoms with Crippen LogP contribution in [0.4, 0.5) is 5.69 Å². The van der Waals surface area contributed by atoms with Crippen LogP contribution >= 0.6 is 0 Å². The highest BCUT2D eigenvalue weighted by Crippen LogP contribution is 2.15. The number of hydrogen-bond donors (Lipinski definition) is 1. The Balaban J connectivity index is 1.77. The van der Waals surface area contributed by atoms with Crippen LogP contribution in [0, 0.1) is 0 Å². The normalized spacial score (nSPS) is 18.9. The van der Waals surface area contributed by atoms with Crippen LogP contribution in [-0.2, 0) is 7.05 Å². The topological polar surface area (TPSA) is 33.1 Å². The molecule has 16 heavy (non-hydrogen) atoms. The summed E-state index contributed by atoms with van der Waals surface area (Å²) in [5.74, 6) is 0. The number of piperidine rings is 1. The molecule has 2 heterocycles. The summed E-state index contributed by atoms with van der Waals surface area (Å²) in [5, 5.41) is 7.72. The molecule has 1 N–H and O–H groups in total. The van der Waals surface area contributed by atoms with E-state index in [1.54, 1.807) is 0 Å². The molecule has 0 unspecified atom stereocenters. The Morgan fingerprint density at radius 3 is 2.75 bits per heavy atom. The summed E-state index contributed by atoms with van der Waals surface area (Å²) < 4.78 is 1.84. The molecule has 1 saturated heterocycles. The van der Waals surface area contributed by atoms with Crippen molar-refractivity contribution in [2.75, 3.05) is 25.0 Å². The van der Waals surface area contributed by atoms with Crippen molar-refractivity contribution in [3.63, 3.8) is 0 Å². The second-order valence-electron chi connectivity index (χ2n) is 4.66. The largest absolute Gasteiger partial charge is 0.380 e. The lowest BCUT2D eigenvalue weighted by molar-refractivity contribution is 0.219. The van der Waals surface area contributed by atoms with E-state index in [0.717, 1.165) is 5.69 Å². The Morgan fingerprint density at radius 2 is 2.19 bits per heavy atom. The van der Waals surface area contributed by atoms with Crippen molar-refractivity contribution < 1.29 is 0 Å². The van der Waals surface area contributed by atoms with Crippen LogP contribution in [0.15, 0.2) is 12.4 Å². The first-order chi connectivity index (χ1) is 7.78. The number of likely N-dealkylation sites (tertiary alicyclic amines) is 1. The monoisotopic (exact) mass is 222 g/mol. The highest BCUT2D eigenvalue weighted by atomic mass is 15.3. The third kappa shape index (κ3) is 2.98. The standard InChI is InChI=1S/C12H22N4/c1-3-6-16-7-4-11(5-8-16)14-12-9-13-15(2)10-12/h9-11,14H,3-8H2,1-2H3. The fourth-order valence-electron chi connectivity index (χ4n) is 2.35. The zero-order chi connectivity index (χ0) is 11.4. The van der Waals surface area contributed by atoms with Crippen molar-refractivity contribution in [1.82, 2.24) is 14.7 Å². The fourth-order valence-corrected chi connectivity index (χ4v) is 2.35. The Morgan fingerprint density at radius 1 is 1.44 bits per heavy atom. The molecule has 0 aliphatic carbocycles. The summed E-state index contributed by atoms with van der Waals surface area (Å²) in [6, 6.07) is 0.623. The van der Waals surface area contributed by atoms with Gasteiger partial charge in [-0.25, -0.2) is 0 Å². The molecular weight excluding hydrogens is 200 g/mol. The third-order valence-corrected chi connectivity index (χ3v) is 3.20. The van der Waals surface area contributed by atoms with E-state index in [0.29, 0.717) is 6.04 Å². The van der Waals surface area contributed by atoms with Crippen LogP contribution in [-0.4, -0.2) is 40.4 Å². The van der Waals surface area contributed by atoms with Gasteiger partial charge in [0.15, 0.2) is 0 Å². The lowest BCUT2D eigenvalue weighted by Crippen LogP contribution is -2.39. The van der Waals surface area contributed by atoms with Gasteiger partial charge >= 0.3 is 0 Å². The van der Waals surface area contributed by atoms with E-state index in [1.807, 2.05) is 24.1 Å². The average molecular weight is 222 g/mol. The average Bonchev–Trinajstić information content (AvgIpc) is 2.67. The molecule has 1 aliphatic rings. The van der Waals surface area contributed by atoms with Crippen LogP contribution in [0.5, 0.6) is 0 Å². The molecule has 0 amide bonds. The number of hydrogen-bond acceptors (Lipinski definition) is 3. The molecule has 2 rings (SSSR count). The quantitative estimate of drug-likeness (QED) is 0.842. The molecule has 4 nitrogen and oxygen atoms in total. The first-order valence-corrected chi connectivity index (χ1v) is 6.25. The molecule has 0 spiro atoms. The molecule has 1 aliphatic heterocycles.